The van der Waals surface area contributed by atoms with Gasteiger partial charge in [0.2, 0.25) is 0 Å². The summed E-state index contributed by atoms with van der Waals surface area (Å²) in [6.45, 7) is 2.21. The van der Waals surface area contributed by atoms with Crippen molar-refractivity contribution in [3.63, 3.8) is 0 Å². The molecule has 122 valence electrons. The van der Waals surface area contributed by atoms with E-state index in [-0.39, 0.29) is 11.3 Å². The zero-order valence-corrected chi connectivity index (χ0v) is 13.6. The van der Waals surface area contributed by atoms with Gasteiger partial charge in [0.15, 0.2) is 0 Å². The molecule has 3 rings (SSSR count). The summed E-state index contributed by atoms with van der Waals surface area (Å²) in [5.41, 5.74) is 0.548. The molecule has 5 nitrogen and oxygen atoms in total. The van der Waals surface area contributed by atoms with E-state index in [1.54, 1.807) is 43.4 Å². The lowest BCUT2D eigenvalue weighted by molar-refractivity contribution is 0.0984. The van der Waals surface area contributed by atoms with Crippen LogP contribution < -0.4 is 10.5 Å². The number of carbonyl (C=O) groups excluding carboxylic acids is 1. The molecule has 0 saturated carbocycles. The minimum absolute atomic E-state index is 0.207. The number of benzene rings is 2. The van der Waals surface area contributed by atoms with Crippen molar-refractivity contribution in [2.24, 2.45) is 7.05 Å². The number of anilines is 1. The molecule has 0 bridgehead atoms. The molecule has 0 radical (unpaired) electrons. The monoisotopic (exact) mass is 322 g/mol. The quantitative estimate of drug-likeness (QED) is 0.806. The highest BCUT2D eigenvalue weighted by atomic mass is 16.3. The second kappa shape index (κ2) is 6.20. The number of carbonyl (C=O) groups is 1. The molecule has 2 aromatic carbocycles. The average molecular weight is 322 g/mol. The number of hydrogen-bond donors (Lipinski definition) is 1. The van der Waals surface area contributed by atoms with Gasteiger partial charge in [-0.05, 0) is 31.2 Å². The molecular formula is C19H18N2O3. The summed E-state index contributed by atoms with van der Waals surface area (Å²) in [5.74, 6) is -0.777. The Labute approximate surface area is 139 Å². The Morgan fingerprint density at radius 3 is 2.38 bits per heavy atom. The third-order valence-electron chi connectivity index (χ3n) is 4.12. The largest absolute Gasteiger partial charge is 0.506 e. The van der Waals surface area contributed by atoms with Crippen molar-refractivity contribution in [2.75, 3.05) is 11.4 Å². The zero-order valence-electron chi connectivity index (χ0n) is 13.6. The number of aromatic hydroxyl groups is 1. The van der Waals surface area contributed by atoms with Gasteiger partial charge in [-0.15, -0.1) is 0 Å². The van der Waals surface area contributed by atoms with Crippen LogP contribution in [-0.2, 0) is 7.05 Å². The lowest BCUT2D eigenvalue weighted by Crippen LogP contribution is -2.36. The maximum atomic E-state index is 13.0. The highest BCUT2D eigenvalue weighted by Gasteiger charge is 2.25. The number of fused-ring (bicyclic) bond motifs is 1. The van der Waals surface area contributed by atoms with E-state index in [2.05, 4.69) is 0 Å². The van der Waals surface area contributed by atoms with Crippen molar-refractivity contribution >= 4 is 22.5 Å². The fourth-order valence-corrected chi connectivity index (χ4v) is 2.86. The first kappa shape index (κ1) is 15.8. The first-order valence-corrected chi connectivity index (χ1v) is 7.73. The van der Waals surface area contributed by atoms with Gasteiger partial charge < -0.3 is 14.6 Å². The Hall–Kier alpha value is -3.08. The number of rotatable bonds is 3. The van der Waals surface area contributed by atoms with Crippen LogP contribution in [0.1, 0.15) is 17.3 Å². The van der Waals surface area contributed by atoms with Gasteiger partial charge in [-0.1, -0.05) is 30.3 Å². The minimum Gasteiger partial charge on any atom is -0.506 e. The number of pyridine rings is 1. The van der Waals surface area contributed by atoms with E-state index >= 15 is 0 Å². The van der Waals surface area contributed by atoms with E-state index in [1.165, 1.54) is 9.47 Å². The average Bonchev–Trinajstić information content (AvgIpc) is 2.61. The Balaban J connectivity index is 2.22. The second-order valence-corrected chi connectivity index (χ2v) is 5.49. The Kier molecular flexibility index (Phi) is 4.08. The summed E-state index contributed by atoms with van der Waals surface area (Å²) in [7, 11) is 1.60. The van der Waals surface area contributed by atoms with Gasteiger partial charge in [0.05, 0.1) is 5.52 Å². The summed E-state index contributed by atoms with van der Waals surface area (Å²) in [6.07, 6.45) is 0. The minimum atomic E-state index is -0.509. The molecule has 0 atom stereocenters. The van der Waals surface area contributed by atoms with Crippen molar-refractivity contribution in [3.05, 3.63) is 70.5 Å². The normalized spacial score (nSPS) is 10.8. The lowest BCUT2D eigenvalue weighted by atomic mass is 10.1. The van der Waals surface area contributed by atoms with Gasteiger partial charge in [-0.3, -0.25) is 9.59 Å². The van der Waals surface area contributed by atoms with Gasteiger partial charge in [0, 0.05) is 24.7 Å². The molecule has 0 spiro atoms. The molecule has 0 saturated heterocycles. The Morgan fingerprint density at radius 2 is 1.71 bits per heavy atom. The first-order chi connectivity index (χ1) is 11.6. The number of aromatic nitrogens is 1. The first-order valence-electron chi connectivity index (χ1n) is 7.73. The van der Waals surface area contributed by atoms with E-state index in [0.29, 0.717) is 23.1 Å². The number of amides is 1. The summed E-state index contributed by atoms with van der Waals surface area (Å²) in [6, 6.07) is 16.1. The van der Waals surface area contributed by atoms with Gasteiger partial charge in [0.25, 0.3) is 11.5 Å². The third kappa shape index (κ3) is 2.44. The van der Waals surface area contributed by atoms with Crippen LogP contribution in [0.5, 0.6) is 5.75 Å². The second-order valence-electron chi connectivity index (χ2n) is 5.49. The van der Waals surface area contributed by atoms with Crippen LogP contribution in [0.2, 0.25) is 0 Å². The Morgan fingerprint density at radius 1 is 1.08 bits per heavy atom. The maximum absolute atomic E-state index is 13.0. The summed E-state index contributed by atoms with van der Waals surface area (Å²) in [5, 5.41) is 11.0. The number of aryl methyl sites for hydroxylation is 1. The Bertz CT molecular complexity index is 962. The SMILES string of the molecule is CCN(C(=O)c1c(O)c2ccccc2n(C)c1=O)c1ccccc1. The molecular weight excluding hydrogens is 304 g/mol. The highest BCUT2D eigenvalue weighted by Crippen LogP contribution is 2.27. The standard InChI is InChI=1S/C19H18N2O3/c1-3-21(13-9-5-4-6-10-13)19(24)16-17(22)14-11-7-8-12-15(14)20(2)18(16)23/h4-12,22H,3H2,1-2H3. The molecule has 0 aliphatic heterocycles. The van der Waals surface area contributed by atoms with Crippen molar-refractivity contribution in [3.8, 4) is 5.75 Å². The topological polar surface area (TPSA) is 62.5 Å². The molecule has 1 N–H and O–H groups in total. The van der Waals surface area contributed by atoms with Crippen LogP contribution in [-0.4, -0.2) is 22.1 Å². The van der Waals surface area contributed by atoms with E-state index in [1.807, 2.05) is 25.1 Å². The van der Waals surface area contributed by atoms with E-state index in [9.17, 15) is 14.7 Å². The summed E-state index contributed by atoms with van der Waals surface area (Å²) >= 11 is 0. The van der Waals surface area contributed by atoms with Crippen molar-refractivity contribution in [1.82, 2.24) is 4.57 Å². The highest BCUT2D eigenvalue weighted by molar-refractivity contribution is 6.10. The van der Waals surface area contributed by atoms with Crippen LogP contribution in [0.4, 0.5) is 5.69 Å². The lowest BCUT2D eigenvalue weighted by Gasteiger charge is -2.22. The van der Waals surface area contributed by atoms with Gasteiger partial charge in [0.1, 0.15) is 11.3 Å². The van der Waals surface area contributed by atoms with Crippen LogP contribution in [0.15, 0.2) is 59.4 Å². The van der Waals surface area contributed by atoms with Gasteiger partial charge in [-0.25, -0.2) is 0 Å². The maximum Gasteiger partial charge on any atom is 0.267 e. The van der Waals surface area contributed by atoms with Crippen LogP contribution >= 0.6 is 0 Å². The zero-order chi connectivity index (χ0) is 17.3. The number of hydrogen-bond acceptors (Lipinski definition) is 3. The number of nitrogens with zero attached hydrogens (tertiary/aromatic N) is 2. The van der Waals surface area contributed by atoms with Crippen LogP contribution in [0, 0.1) is 0 Å². The predicted molar refractivity (Wildman–Crippen MR) is 94.6 cm³/mol. The van der Waals surface area contributed by atoms with Gasteiger partial charge >= 0.3 is 0 Å². The van der Waals surface area contributed by atoms with Gasteiger partial charge in [-0.2, -0.15) is 0 Å². The predicted octanol–water partition coefficient (Wildman–Crippen LogP) is 2.91. The molecule has 3 aromatic rings. The molecule has 24 heavy (non-hydrogen) atoms. The fourth-order valence-electron chi connectivity index (χ4n) is 2.86. The van der Waals surface area contributed by atoms with Crippen LogP contribution in [0.3, 0.4) is 0 Å². The van der Waals surface area contributed by atoms with Crippen molar-refractivity contribution in [1.29, 1.82) is 0 Å². The molecule has 1 amide bonds. The molecule has 1 aromatic heterocycles. The molecule has 0 aliphatic rings. The molecule has 0 fully saturated rings. The van der Waals surface area contributed by atoms with E-state index < -0.39 is 11.5 Å². The van der Waals surface area contributed by atoms with Crippen LogP contribution in [0.25, 0.3) is 10.9 Å². The van der Waals surface area contributed by atoms with Crippen molar-refractivity contribution < 1.29 is 9.90 Å². The molecule has 0 unspecified atom stereocenters. The van der Waals surface area contributed by atoms with E-state index in [4.69, 9.17) is 0 Å². The molecule has 5 heteroatoms. The third-order valence-corrected chi connectivity index (χ3v) is 4.12. The summed E-state index contributed by atoms with van der Waals surface area (Å²) < 4.78 is 1.39. The fraction of sp³-hybridized carbons (Fsp3) is 0.158. The smallest absolute Gasteiger partial charge is 0.267 e. The van der Waals surface area contributed by atoms with E-state index in [0.717, 1.165) is 0 Å². The number of para-hydroxylation sites is 2. The molecule has 0 aliphatic carbocycles. The summed E-state index contributed by atoms with van der Waals surface area (Å²) in [4.78, 5) is 27.1. The molecule has 1 heterocycles. The van der Waals surface area contributed by atoms with Crippen molar-refractivity contribution in [2.45, 2.75) is 6.92 Å².